The predicted octanol–water partition coefficient (Wildman–Crippen LogP) is 5.42. The highest BCUT2D eigenvalue weighted by atomic mass is 28.4. The van der Waals surface area contributed by atoms with Gasteiger partial charge in [0.05, 0.1) is 6.54 Å². The van der Waals surface area contributed by atoms with Crippen molar-refractivity contribution in [3.63, 3.8) is 0 Å². The van der Waals surface area contributed by atoms with E-state index in [0.717, 1.165) is 0 Å². The Bertz CT molecular complexity index is 517. The molecule has 1 rings (SSSR count). The molecule has 1 aliphatic heterocycles. The third-order valence-corrected chi connectivity index (χ3v) is 9.45. The highest BCUT2D eigenvalue weighted by Crippen LogP contribution is 2.38. The SMILES string of the molecule is CC(C)(C)OC(=O)N1CCC(CO[Si](C)(C)C(C)(C)C)C(=C(F)F)C1. The average Bonchev–Trinajstić information content (AvgIpc) is 2.41. The maximum absolute atomic E-state index is 13.5. The molecule has 0 aromatic heterocycles. The molecular weight excluding hydrogens is 344 g/mol. The van der Waals surface area contributed by atoms with Crippen LogP contribution in [-0.2, 0) is 9.16 Å². The van der Waals surface area contributed by atoms with Crippen LogP contribution in [0.25, 0.3) is 0 Å². The molecule has 146 valence electrons. The van der Waals surface area contributed by atoms with E-state index in [4.69, 9.17) is 9.16 Å². The fourth-order valence-electron chi connectivity index (χ4n) is 2.31. The first-order chi connectivity index (χ1) is 11.1. The zero-order chi connectivity index (χ0) is 19.6. The Labute approximate surface area is 151 Å². The van der Waals surface area contributed by atoms with Crippen molar-refractivity contribution in [3.8, 4) is 0 Å². The van der Waals surface area contributed by atoms with Crippen LogP contribution in [0.5, 0.6) is 0 Å². The Hall–Kier alpha value is -0.953. The van der Waals surface area contributed by atoms with Crippen LogP contribution in [0.15, 0.2) is 11.7 Å². The minimum absolute atomic E-state index is 0.00387. The van der Waals surface area contributed by atoms with E-state index in [-0.39, 0.29) is 29.7 Å². The van der Waals surface area contributed by atoms with Crippen molar-refractivity contribution in [2.24, 2.45) is 5.92 Å². The van der Waals surface area contributed by atoms with Gasteiger partial charge < -0.3 is 14.1 Å². The monoisotopic (exact) mass is 377 g/mol. The number of likely N-dealkylation sites (tertiary alicyclic amines) is 1. The van der Waals surface area contributed by atoms with Gasteiger partial charge in [-0.05, 0) is 45.3 Å². The number of ether oxygens (including phenoxy) is 1. The summed E-state index contributed by atoms with van der Waals surface area (Å²) in [6.07, 6.45) is -1.80. The summed E-state index contributed by atoms with van der Waals surface area (Å²) in [6, 6.07) is 0. The van der Waals surface area contributed by atoms with Crippen molar-refractivity contribution in [3.05, 3.63) is 11.7 Å². The Morgan fingerprint density at radius 3 is 2.20 bits per heavy atom. The van der Waals surface area contributed by atoms with Crippen LogP contribution < -0.4 is 0 Å². The van der Waals surface area contributed by atoms with E-state index in [2.05, 4.69) is 33.9 Å². The van der Waals surface area contributed by atoms with Crippen LogP contribution in [0, 0.1) is 5.92 Å². The van der Waals surface area contributed by atoms with Crippen LogP contribution in [-0.4, -0.2) is 44.6 Å². The van der Waals surface area contributed by atoms with Crippen LogP contribution in [0.3, 0.4) is 0 Å². The molecule has 0 spiro atoms. The number of carbonyl (C=O) groups is 1. The third kappa shape index (κ3) is 6.37. The lowest BCUT2D eigenvalue weighted by Gasteiger charge is -2.39. The van der Waals surface area contributed by atoms with Gasteiger partial charge in [0, 0.05) is 24.6 Å². The zero-order valence-corrected chi connectivity index (χ0v) is 17.8. The quantitative estimate of drug-likeness (QED) is 0.617. The normalized spacial score (nSPS) is 19.8. The van der Waals surface area contributed by atoms with Gasteiger partial charge in [0.1, 0.15) is 5.60 Å². The van der Waals surface area contributed by atoms with Crippen LogP contribution >= 0.6 is 0 Å². The van der Waals surface area contributed by atoms with E-state index >= 15 is 0 Å². The molecule has 0 aromatic rings. The lowest BCUT2D eigenvalue weighted by atomic mass is 9.93. The first-order valence-electron chi connectivity index (χ1n) is 8.80. The summed E-state index contributed by atoms with van der Waals surface area (Å²) >= 11 is 0. The Balaban J connectivity index is 2.78. The van der Waals surface area contributed by atoms with Crippen LogP contribution in [0.1, 0.15) is 48.0 Å². The number of rotatable bonds is 3. The van der Waals surface area contributed by atoms with Crippen molar-refractivity contribution in [2.45, 2.75) is 71.7 Å². The van der Waals surface area contributed by atoms with E-state index in [1.807, 2.05) is 0 Å². The summed E-state index contributed by atoms with van der Waals surface area (Å²) in [7, 11) is -2.00. The summed E-state index contributed by atoms with van der Waals surface area (Å²) in [6.45, 7) is 16.5. The molecule has 1 amide bonds. The summed E-state index contributed by atoms with van der Waals surface area (Å²) in [5.74, 6) is -0.349. The highest BCUT2D eigenvalue weighted by molar-refractivity contribution is 6.74. The van der Waals surface area contributed by atoms with E-state index in [0.29, 0.717) is 13.0 Å². The number of piperidine rings is 1. The molecule has 0 N–H and O–H groups in total. The molecule has 0 bridgehead atoms. The minimum Gasteiger partial charge on any atom is -0.444 e. The lowest BCUT2D eigenvalue weighted by molar-refractivity contribution is 0.0212. The van der Waals surface area contributed by atoms with Crippen LogP contribution in [0.2, 0.25) is 18.1 Å². The minimum atomic E-state index is -2.00. The molecule has 1 fully saturated rings. The van der Waals surface area contributed by atoms with E-state index in [1.165, 1.54) is 4.90 Å². The fourth-order valence-corrected chi connectivity index (χ4v) is 3.36. The van der Waals surface area contributed by atoms with Gasteiger partial charge in [-0.3, -0.25) is 0 Å². The summed E-state index contributed by atoms with van der Waals surface area (Å²) < 4.78 is 38.3. The van der Waals surface area contributed by atoms with E-state index in [9.17, 15) is 13.6 Å². The van der Waals surface area contributed by atoms with Gasteiger partial charge in [0.15, 0.2) is 8.32 Å². The predicted molar refractivity (Wildman–Crippen MR) is 98.3 cm³/mol. The van der Waals surface area contributed by atoms with Gasteiger partial charge in [0.2, 0.25) is 0 Å². The van der Waals surface area contributed by atoms with E-state index < -0.39 is 26.1 Å². The number of halogens is 2. The lowest BCUT2D eigenvalue weighted by Crippen LogP contribution is -2.46. The number of nitrogens with zero attached hydrogens (tertiary/aromatic N) is 1. The topological polar surface area (TPSA) is 38.8 Å². The van der Waals surface area contributed by atoms with Gasteiger partial charge in [-0.2, -0.15) is 8.78 Å². The van der Waals surface area contributed by atoms with Gasteiger partial charge in [-0.15, -0.1) is 0 Å². The van der Waals surface area contributed by atoms with Crippen molar-refractivity contribution >= 4 is 14.4 Å². The molecule has 1 heterocycles. The Kier molecular flexibility index (Phi) is 6.84. The summed E-state index contributed by atoms with van der Waals surface area (Å²) in [5.41, 5.74) is -0.645. The molecule has 0 aliphatic carbocycles. The number of hydrogen-bond donors (Lipinski definition) is 0. The molecule has 1 unspecified atom stereocenters. The van der Waals surface area contributed by atoms with Crippen molar-refractivity contribution in [2.75, 3.05) is 19.7 Å². The molecule has 0 radical (unpaired) electrons. The standard InChI is InChI=1S/C18H33F2NO3Si/c1-17(2,3)24-16(22)21-10-9-13(14(11-21)15(19)20)12-23-25(7,8)18(4,5)6/h13H,9-12H2,1-8H3. The van der Waals surface area contributed by atoms with Crippen molar-refractivity contribution < 1.29 is 22.7 Å². The van der Waals surface area contributed by atoms with Crippen molar-refractivity contribution in [1.82, 2.24) is 4.90 Å². The van der Waals surface area contributed by atoms with Gasteiger partial charge in [0.25, 0.3) is 6.08 Å². The molecule has 0 aromatic carbocycles. The number of hydrogen-bond acceptors (Lipinski definition) is 3. The molecule has 1 aliphatic rings. The third-order valence-electron chi connectivity index (χ3n) is 4.95. The van der Waals surface area contributed by atoms with Gasteiger partial charge in [-0.1, -0.05) is 20.8 Å². The fraction of sp³-hybridized carbons (Fsp3) is 0.833. The highest BCUT2D eigenvalue weighted by Gasteiger charge is 2.39. The molecule has 4 nitrogen and oxygen atoms in total. The average molecular weight is 378 g/mol. The maximum atomic E-state index is 13.5. The Morgan fingerprint density at radius 2 is 1.76 bits per heavy atom. The summed E-state index contributed by atoms with van der Waals surface area (Å²) in [5, 5.41) is 0.0301. The molecule has 1 saturated heterocycles. The largest absolute Gasteiger partial charge is 0.444 e. The second kappa shape index (κ2) is 7.74. The van der Waals surface area contributed by atoms with Crippen LogP contribution in [0.4, 0.5) is 13.6 Å². The molecule has 25 heavy (non-hydrogen) atoms. The number of carbonyl (C=O) groups excluding carboxylic acids is 1. The molecule has 7 heteroatoms. The Morgan fingerprint density at radius 1 is 1.20 bits per heavy atom. The smallest absolute Gasteiger partial charge is 0.410 e. The van der Waals surface area contributed by atoms with Gasteiger partial charge >= 0.3 is 6.09 Å². The molecule has 1 atom stereocenters. The van der Waals surface area contributed by atoms with Gasteiger partial charge in [-0.25, -0.2) is 4.79 Å². The first-order valence-corrected chi connectivity index (χ1v) is 11.7. The van der Waals surface area contributed by atoms with E-state index in [1.54, 1.807) is 20.8 Å². The number of amides is 1. The second-order valence-electron chi connectivity index (χ2n) is 9.24. The molecular formula is C18H33F2NO3Si. The zero-order valence-electron chi connectivity index (χ0n) is 16.8. The maximum Gasteiger partial charge on any atom is 0.410 e. The molecule has 0 saturated carbocycles. The first kappa shape index (κ1) is 22.1. The van der Waals surface area contributed by atoms with Crippen molar-refractivity contribution in [1.29, 1.82) is 0 Å². The second-order valence-corrected chi connectivity index (χ2v) is 14.1. The summed E-state index contributed by atoms with van der Waals surface area (Å²) in [4.78, 5) is 13.5.